The molecule has 2 aromatic carbocycles. The van der Waals surface area contributed by atoms with E-state index in [0.29, 0.717) is 11.4 Å². The molecule has 5 nitrogen and oxygen atoms in total. The summed E-state index contributed by atoms with van der Waals surface area (Å²) in [5, 5.41) is 18.7. The summed E-state index contributed by atoms with van der Waals surface area (Å²) in [5.41, 5.74) is 1.54. The van der Waals surface area contributed by atoms with Crippen molar-refractivity contribution in [2.45, 2.75) is 19.8 Å². The fourth-order valence-electron chi connectivity index (χ4n) is 2.94. The van der Waals surface area contributed by atoms with Crippen molar-refractivity contribution >= 4 is 17.4 Å². The third kappa shape index (κ3) is 3.55. The first kappa shape index (κ1) is 17.6. The lowest BCUT2D eigenvalue weighted by Gasteiger charge is -2.23. The molecule has 3 rings (SSSR count). The van der Waals surface area contributed by atoms with E-state index in [4.69, 9.17) is 4.74 Å². The molecule has 0 fully saturated rings. The molecule has 0 atom stereocenters. The van der Waals surface area contributed by atoms with Crippen molar-refractivity contribution < 1.29 is 9.53 Å². The summed E-state index contributed by atoms with van der Waals surface area (Å²) in [5.74, 6) is -0.531. The maximum atomic E-state index is 12.7. The highest BCUT2D eigenvalue weighted by molar-refractivity contribution is 6.09. The fraction of sp³-hybridized carbons (Fsp3) is 0.238. The van der Waals surface area contributed by atoms with Gasteiger partial charge in [0.2, 0.25) is 0 Å². The van der Waals surface area contributed by atoms with E-state index in [2.05, 4.69) is 16.3 Å². The van der Waals surface area contributed by atoms with E-state index in [1.54, 1.807) is 6.92 Å². The molecule has 1 heterocycles. The third-order valence-corrected chi connectivity index (χ3v) is 4.32. The van der Waals surface area contributed by atoms with Crippen LogP contribution in [0.25, 0.3) is 0 Å². The summed E-state index contributed by atoms with van der Waals surface area (Å²) in [6.07, 6.45) is 0.318. The van der Waals surface area contributed by atoms with Crippen LogP contribution in [0.5, 0.6) is 0 Å². The van der Waals surface area contributed by atoms with E-state index in [1.165, 1.54) is 0 Å². The molecule has 5 heteroatoms. The Hall–Kier alpha value is -3.26. The number of carbonyl (C=O) groups excluding carboxylic acids is 1. The first-order valence-corrected chi connectivity index (χ1v) is 8.51. The molecule has 0 saturated heterocycles. The molecule has 26 heavy (non-hydrogen) atoms. The molecule has 0 N–H and O–H groups in total. The molecule has 130 valence electrons. The summed E-state index contributed by atoms with van der Waals surface area (Å²) in [4.78, 5) is 12.7. The van der Waals surface area contributed by atoms with Gasteiger partial charge in [0.1, 0.15) is 0 Å². The Balaban J connectivity index is 2.10. The van der Waals surface area contributed by atoms with E-state index >= 15 is 0 Å². The van der Waals surface area contributed by atoms with Gasteiger partial charge in [-0.05, 0) is 18.1 Å². The monoisotopic (exact) mass is 345 g/mol. The highest BCUT2D eigenvalue weighted by atomic mass is 16.5. The molecule has 0 radical (unpaired) electrons. The van der Waals surface area contributed by atoms with Crippen molar-refractivity contribution in [3.05, 3.63) is 71.8 Å². The lowest BCUT2D eigenvalue weighted by molar-refractivity contribution is -0.151. The van der Waals surface area contributed by atoms with Gasteiger partial charge in [-0.25, -0.2) is 0 Å². The minimum Gasteiger partial charge on any atom is -0.465 e. The zero-order chi connectivity index (χ0) is 18.4. The number of hydrogen-bond acceptors (Lipinski definition) is 5. The topological polar surface area (TPSA) is 74.8 Å². The predicted molar refractivity (Wildman–Crippen MR) is 99.9 cm³/mol. The summed E-state index contributed by atoms with van der Waals surface area (Å²) in [6.45, 7) is 1.95. The van der Waals surface area contributed by atoms with E-state index in [9.17, 15) is 10.1 Å². The van der Waals surface area contributed by atoms with Crippen LogP contribution in [0, 0.1) is 16.7 Å². The van der Waals surface area contributed by atoms with Crippen molar-refractivity contribution in [1.82, 2.24) is 0 Å². The number of hydrogen-bond donors (Lipinski definition) is 0. The number of nitrogens with zero attached hydrogens (tertiary/aromatic N) is 3. The summed E-state index contributed by atoms with van der Waals surface area (Å²) < 4.78 is 5.23. The standard InChI is InChI=1S/C21H19N3O2/c1-2-26-20(25)21(15-22)13-18(16-9-5-3-6-10-16)23-24-19(14-21)17-11-7-4-8-12-17/h3-12H,2,13-14H2,1H3. The predicted octanol–water partition coefficient (Wildman–Crippen LogP) is 3.75. The Morgan fingerprint density at radius 2 is 1.46 bits per heavy atom. The maximum absolute atomic E-state index is 12.7. The maximum Gasteiger partial charge on any atom is 0.327 e. The van der Waals surface area contributed by atoms with Crippen LogP contribution < -0.4 is 0 Å². The molecular formula is C21H19N3O2. The molecule has 1 aliphatic heterocycles. The van der Waals surface area contributed by atoms with Gasteiger partial charge in [0.15, 0.2) is 5.41 Å². The van der Waals surface area contributed by atoms with E-state index in [0.717, 1.165) is 11.1 Å². The summed E-state index contributed by atoms with van der Waals surface area (Å²) in [6, 6.07) is 21.2. The van der Waals surface area contributed by atoms with Gasteiger partial charge in [-0.15, -0.1) is 0 Å². The largest absolute Gasteiger partial charge is 0.465 e. The van der Waals surface area contributed by atoms with E-state index in [-0.39, 0.29) is 19.4 Å². The van der Waals surface area contributed by atoms with Crippen LogP contribution in [0.3, 0.4) is 0 Å². The molecular weight excluding hydrogens is 326 g/mol. The third-order valence-electron chi connectivity index (χ3n) is 4.32. The van der Waals surface area contributed by atoms with Crippen LogP contribution in [0.15, 0.2) is 70.9 Å². The number of ether oxygens (including phenoxy) is 1. The van der Waals surface area contributed by atoms with Crippen LogP contribution in [0.1, 0.15) is 30.9 Å². The quantitative estimate of drug-likeness (QED) is 0.792. The number of nitriles is 1. The summed E-state index contributed by atoms with van der Waals surface area (Å²) >= 11 is 0. The fourth-order valence-corrected chi connectivity index (χ4v) is 2.94. The molecule has 0 aliphatic carbocycles. The Morgan fingerprint density at radius 1 is 1.00 bits per heavy atom. The normalized spacial score (nSPS) is 15.8. The zero-order valence-electron chi connectivity index (χ0n) is 14.6. The second kappa shape index (κ2) is 7.75. The molecule has 0 bridgehead atoms. The highest BCUT2D eigenvalue weighted by Crippen LogP contribution is 2.34. The van der Waals surface area contributed by atoms with Crippen LogP contribution in [-0.2, 0) is 9.53 Å². The van der Waals surface area contributed by atoms with Gasteiger partial charge in [-0.2, -0.15) is 15.5 Å². The molecule has 0 amide bonds. The van der Waals surface area contributed by atoms with Gasteiger partial charge in [0, 0.05) is 12.8 Å². The van der Waals surface area contributed by atoms with Gasteiger partial charge < -0.3 is 4.74 Å². The molecule has 0 saturated carbocycles. The molecule has 2 aromatic rings. The van der Waals surface area contributed by atoms with Crippen molar-refractivity contribution in [3.63, 3.8) is 0 Å². The van der Waals surface area contributed by atoms with Gasteiger partial charge in [-0.1, -0.05) is 60.7 Å². The smallest absolute Gasteiger partial charge is 0.327 e. The minimum absolute atomic E-state index is 0.159. The second-order valence-electron chi connectivity index (χ2n) is 6.09. The molecule has 0 unspecified atom stereocenters. The van der Waals surface area contributed by atoms with Crippen molar-refractivity contribution in [2.75, 3.05) is 6.61 Å². The molecule has 0 spiro atoms. The Labute approximate surface area is 152 Å². The average molecular weight is 345 g/mol. The van der Waals surface area contributed by atoms with Crippen molar-refractivity contribution in [1.29, 1.82) is 5.26 Å². The minimum atomic E-state index is -1.35. The first-order valence-electron chi connectivity index (χ1n) is 8.51. The van der Waals surface area contributed by atoms with Crippen molar-refractivity contribution in [2.24, 2.45) is 15.6 Å². The van der Waals surface area contributed by atoms with Gasteiger partial charge >= 0.3 is 5.97 Å². The van der Waals surface area contributed by atoms with Gasteiger partial charge in [0.25, 0.3) is 0 Å². The number of esters is 1. The van der Waals surface area contributed by atoms with E-state index < -0.39 is 11.4 Å². The lowest BCUT2D eigenvalue weighted by Crippen LogP contribution is -2.36. The van der Waals surface area contributed by atoms with E-state index in [1.807, 2.05) is 60.7 Å². The Morgan fingerprint density at radius 3 is 1.85 bits per heavy atom. The van der Waals surface area contributed by atoms with Gasteiger partial charge in [-0.3, -0.25) is 4.79 Å². The zero-order valence-corrected chi connectivity index (χ0v) is 14.6. The van der Waals surface area contributed by atoms with Crippen LogP contribution in [0.4, 0.5) is 0 Å². The highest BCUT2D eigenvalue weighted by Gasteiger charge is 2.44. The number of rotatable bonds is 4. The molecule has 1 aliphatic rings. The van der Waals surface area contributed by atoms with Crippen LogP contribution in [-0.4, -0.2) is 24.0 Å². The first-order chi connectivity index (χ1) is 12.7. The average Bonchev–Trinajstić information content (AvgIpc) is 2.91. The van der Waals surface area contributed by atoms with Crippen LogP contribution >= 0.6 is 0 Å². The number of benzene rings is 2. The molecule has 0 aromatic heterocycles. The van der Waals surface area contributed by atoms with Gasteiger partial charge in [0.05, 0.1) is 24.1 Å². The Kier molecular flexibility index (Phi) is 5.23. The van der Waals surface area contributed by atoms with Crippen molar-refractivity contribution in [3.8, 4) is 6.07 Å². The second-order valence-corrected chi connectivity index (χ2v) is 6.09. The Bertz CT molecular complexity index is 823. The van der Waals surface area contributed by atoms with Crippen LogP contribution in [0.2, 0.25) is 0 Å². The number of carbonyl (C=O) groups is 1. The SMILES string of the molecule is CCOC(=O)C1(C#N)CC(c2ccccc2)=NN=C(c2ccccc2)C1. The summed E-state index contributed by atoms with van der Waals surface area (Å²) in [7, 11) is 0. The lowest BCUT2D eigenvalue weighted by atomic mass is 9.77.